The number of rotatable bonds is 12. The van der Waals surface area contributed by atoms with Crippen molar-refractivity contribution >= 4 is 27.7 Å². The van der Waals surface area contributed by atoms with Crippen LogP contribution < -0.4 is 10.1 Å². The van der Waals surface area contributed by atoms with Crippen LogP contribution in [0.5, 0.6) is 5.75 Å². The average Bonchev–Trinajstić information content (AvgIpc) is 2.85. The second-order valence-electron chi connectivity index (χ2n) is 8.02. The van der Waals surface area contributed by atoms with Crippen LogP contribution in [0.15, 0.2) is 89.4 Å². The van der Waals surface area contributed by atoms with Crippen molar-refractivity contribution in [3.63, 3.8) is 0 Å². The zero-order valence-electron chi connectivity index (χ0n) is 19.5. The van der Waals surface area contributed by atoms with Crippen LogP contribution in [0, 0.1) is 0 Å². The summed E-state index contributed by atoms with van der Waals surface area (Å²) in [6, 6.07) is 26.6. The lowest BCUT2D eigenvalue weighted by Crippen LogP contribution is -2.50. The minimum atomic E-state index is -0.608. The smallest absolute Gasteiger partial charge is 0.243 e. The number of carbonyl (C=O) groups excluding carboxylic acids is 2. The maximum atomic E-state index is 13.5. The molecule has 0 saturated heterocycles. The van der Waals surface area contributed by atoms with Gasteiger partial charge in [-0.25, -0.2) is 0 Å². The summed E-state index contributed by atoms with van der Waals surface area (Å²) >= 11 is 3.51. The number of nitrogens with one attached hydrogen (secondary N) is 1. The molecule has 1 unspecified atom stereocenters. The molecule has 2 amide bonds. The molecule has 1 N–H and O–H groups in total. The maximum absolute atomic E-state index is 13.5. The van der Waals surface area contributed by atoms with Gasteiger partial charge in [0.05, 0.1) is 6.61 Å². The van der Waals surface area contributed by atoms with E-state index in [1.807, 2.05) is 91.9 Å². The zero-order valence-corrected chi connectivity index (χ0v) is 21.0. The molecule has 0 aromatic heterocycles. The van der Waals surface area contributed by atoms with Crippen LogP contribution in [0.3, 0.4) is 0 Å². The fraction of sp³-hybridized carbons (Fsp3) is 0.286. The van der Waals surface area contributed by atoms with Crippen molar-refractivity contribution < 1.29 is 14.3 Å². The number of ether oxygens (including phenoxy) is 1. The van der Waals surface area contributed by atoms with Gasteiger partial charge in [-0.3, -0.25) is 9.59 Å². The highest BCUT2D eigenvalue weighted by Gasteiger charge is 2.29. The van der Waals surface area contributed by atoms with Gasteiger partial charge in [0.1, 0.15) is 11.8 Å². The van der Waals surface area contributed by atoms with Crippen molar-refractivity contribution in [2.45, 2.75) is 38.8 Å². The van der Waals surface area contributed by atoms with E-state index in [0.717, 1.165) is 21.3 Å². The molecule has 3 rings (SSSR count). The molecule has 0 radical (unpaired) electrons. The monoisotopic (exact) mass is 522 g/mol. The molecule has 1 atom stereocenters. The van der Waals surface area contributed by atoms with E-state index in [2.05, 4.69) is 21.2 Å². The summed E-state index contributed by atoms with van der Waals surface area (Å²) in [4.78, 5) is 28.3. The summed E-state index contributed by atoms with van der Waals surface area (Å²) in [5.41, 5.74) is 1.98. The number of benzene rings is 3. The summed E-state index contributed by atoms with van der Waals surface area (Å²) in [7, 11) is 0. The molecule has 0 fully saturated rings. The predicted octanol–water partition coefficient (Wildman–Crippen LogP) is 5.38. The van der Waals surface area contributed by atoms with Crippen LogP contribution in [-0.4, -0.2) is 35.9 Å². The molecule has 3 aromatic rings. The molecule has 178 valence electrons. The van der Waals surface area contributed by atoms with Crippen molar-refractivity contribution in [3.05, 3.63) is 101 Å². The number of carbonyl (C=O) groups is 2. The number of hydrogen-bond acceptors (Lipinski definition) is 3. The molecule has 0 aliphatic carbocycles. The maximum Gasteiger partial charge on any atom is 0.243 e. The first kappa shape index (κ1) is 25.5. The predicted molar refractivity (Wildman–Crippen MR) is 138 cm³/mol. The summed E-state index contributed by atoms with van der Waals surface area (Å²) < 4.78 is 6.69. The normalized spacial score (nSPS) is 11.5. The summed E-state index contributed by atoms with van der Waals surface area (Å²) in [6.45, 7) is 3.18. The molecule has 0 spiro atoms. The first-order valence-electron chi connectivity index (χ1n) is 11.6. The summed E-state index contributed by atoms with van der Waals surface area (Å²) in [5.74, 6) is 0.573. The first-order valence-corrected chi connectivity index (χ1v) is 12.4. The van der Waals surface area contributed by atoms with Crippen LogP contribution in [0.4, 0.5) is 0 Å². The number of likely N-dealkylation sites (N-methyl/N-ethyl adjacent to an activating group) is 1. The Bertz CT molecular complexity index is 1040. The highest BCUT2D eigenvalue weighted by molar-refractivity contribution is 9.10. The van der Waals surface area contributed by atoms with E-state index in [-0.39, 0.29) is 11.8 Å². The SMILES string of the molecule is CCNC(=O)C(Cc1ccccc1)N(Cc1cccc(Br)c1)C(=O)CCCOc1ccccc1. The van der Waals surface area contributed by atoms with E-state index in [9.17, 15) is 9.59 Å². The second-order valence-corrected chi connectivity index (χ2v) is 8.93. The van der Waals surface area contributed by atoms with Crippen molar-refractivity contribution in [3.8, 4) is 5.75 Å². The van der Waals surface area contributed by atoms with Gasteiger partial charge in [-0.1, -0.05) is 76.6 Å². The molecule has 5 nitrogen and oxygen atoms in total. The summed E-state index contributed by atoms with van der Waals surface area (Å²) in [5, 5.41) is 2.92. The van der Waals surface area contributed by atoms with E-state index in [1.165, 1.54) is 0 Å². The Labute approximate surface area is 210 Å². The fourth-order valence-electron chi connectivity index (χ4n) is 3.75. The number of amides is 2. The quantitative estimate of drug-likeness (QED) is 0.324. The fourth-order valence-corrected chi connectivity index (χ4v) is 4.20. The molecular weight excluding hydrogens is 492 g/mol. The van der Waals surface area contributed by atoms with Crippen molar-refractivity contribution in [1.29, 1.82) is 0 Å². The van der Waals surface area contributed by atoms with Crippen molar-refractivity contribution in [2.24, 2.45) is 0 Å². The Hall–Kier alpha value is -3.12. The van der Waals surface area contributed by atoms with Crippen LogP contribution in [0.25, 0.3) is 0 Å². The molecule has 34 heavy (non-hydrogen) atoms. The van der Waals surface area contributed by atoms with Gasteiger partial charge in [0.25, 0.3) is 0 Å². The van der Waals surface area contributed by atoms with E-state index in [1.54, 1.807) is 4.90 Å². The Kier molecular flexibility index (Phi) is 10.2. The molecule has 0 saturated carbocycles. The van der Waals surface area contributed by atoms with Gasteiger partial charge in [0, 0.05) is 30.4 Å². The van der Waals surface area contributed by atoms with Crippen LogP contribution in [-0.2, 0) is 22.6 Å². The lowest BCUT2D eigenvalue weighted by atomic mass is 10.0. The highest BCUT2D eigenvalue weighted by Crippen LogP contribution is 2.19. The first-order chi connectivity index (χ1) is 16.6. The van der Waals surface area contributed by atoms with Gasteiger partial charge >= 0.3 is 0 Å². The minimum Gasteiger partial charge on any atom is -0.494 e. The molecular formula is C28H31BrN2O3. The standard InChI is InChI=1S/C28H31BrN2O3/c1-2-30-28(33)26(20-22-11-5-3-6-12-22)31(21-23-13-9-14-24(29)19-23)27(32)17-10-18-34-25-15-7-4-8-16-25/h3-9,11-16,19,26H,2,10,17-18,20-21H2,1H3,(H,30,33). The molecule has 0 heterocycles. The van der Waals surface area contributed by atoms with Gasteiger partial charge in [0.15, 0.2) is 0 Å². The number of hydrogen-bond donors (Lipinski definition) is 1. The number of nitrogens with zero attached hydrogens (tertiary/aromatic N) is 1. The zero-order chi connectivity index (χ0) is 24.2. The number of para-hydroxylation sites is 1. The third kappa shape index (κ3) is 8.03. The van der Waals surface area contributed by atoms with E-state index >= 15 is 0 Å². The van der Waals surface area contributed by atoms with Gasteiger partial charge < -0.3 is 15.0 Å². The van der Waals surface area contributed by atoms with E-state index in [4.69, 9.17) is 4.74 Å². The molecule has 0 bridgehead atoms. The molecule has 0 aliphatic rings. The number of halogens is 1. The van der Waals surface area contributed by atoms with E-state index in [0.29, 0.717) is 39.0 Å². The Morgan fingerprint density at radius 1 is 0.941 bits per heavy atom. The Morgan fingerprint density at radius 3 is 2.29 bits per heavy atom. The second kappa shape index (κ2) is 13.6. The summed E-state index contributed by atoms with van der Waals surface area (Å²) in [6.07, 6.45) is 1.31. The Balaban J connectivity index is 1.77. The molecule has 0 aliphatic heterocycles. The Morgan fingerprint density at radius 2 is 1.62 bits per heavy atom. The average molecular weight is 523 g/mol. The molecule has 3 aromatic carbocycles. The topological polar surface area (TPSA) is 58.6 Å². The van der Waals surface area contributed by atoms with Crippen LogP contribution in [0.2, 0.25) is 0 Å². The third-order valence-corrected chi connectivity index (χ3v) is 5.90. The van der Waals surface area contributed by atoms with Crippen LogP contribution >= 0.6 is 15.9 Å². The lowest BCUT2D eigenvalue weighted by molar-refractivity contribution is -0.141. The molecule has 6 heteroatoms. The van der Waals surface area contributed by atoms with E-state index < -0.39 is 6.04 Å². The minimum absolute atomic E-state index is 0.0659. The third-order valence-electron chi connectivity index (χ3n) is 5.41. The van der Waals surface area contributed by atoms with Gasteiger partial charge in [-0.15, -0.1) is 0 Å². The van der Waals surface area contributed by atoms with Crippen molar-refractivity contribution in [2.75, 3.05) is 13.2 Å². The van der Waals surface area contributed by atoms with Gasteiger partial charge in [-0.05, 0) is 48.7 Å². The highest BCUT2D eigenvalue weighted by atomic mass is 79.9. The van der Waals surface area contributed by atoms with Crippen LogP contribution in [0.1, 0.15) is 30.9 Å². The lowest BCUT2D eigenvalue weighted by Gasteiger charge is -2.31. The largest absolute Gasteiger partial charge is 0.494 e. The van der Waals surface area contributed by atoms with Crippen molar-refractivity contribution in [1.82, 2.24) is 10.2 Å². The van der Waals surface area contributed by atoms with Gasteiger partial charge in [-0.2, -0.15) is 0 Å². The van der Waals surface area contributed by atoms with Gasteiger partial charge in [0.2, 0.25) is 11.8 Å².